The minimum Gasteiger partial charge on any atom is -0.352 e. The number of nitrogens with zero attached hydrogens (tertiary/aromatic N) is 1. The predicted molar refractivity (Wildman–Crippen MR) is 113 cm³/mol. The van der Waals surface area contributed by atoms with Gasteiger partial charge in [0, 0.05) is 29.9 Å². The maximum atomic E-state index is 12.5. The number of nitro groups is 1. The van der Waals surface area contributed by atoms with E-state index >= 15 is 0 Å². The predicted octanol–water partition coefficient (Wildman–Crippen LogP) is 3.37. The summed E-state index contributed by atoms with van der Waals surface area (Å²) < 4.78 is 27.3. The second kappa shape index (κ2) is 9.19. The molecule has 0 saturated heterocycles. The van der Waals surface area contributed by atoms with Crippen molar-refractivity contribution in [2.24, 2.45) is 0 Å². The van der Waals surface area contributed by atoms with Gasteiger partial charge in [-0.15, -0.1) is 0 Å². The highest BCUT2D eigenvalue weighted by molar-refractivity contribution is 7.92. The van der Waals surface area contributed by atoms with Crippen LogP contribution in [0.2, 0.25) is 0 Å². The molecule has 3 aromatic carbocycles. The SMILES string of the molecule is O=C(NCCc1ccccc1)c1ccc(NS(=O)(=O)c2cccc([N+](=O)[O-])c2)cc1. The fraction of sp³-hybridized carbons (Fsp3) is 0.0952. The molecule has 3 rings (SSSR count). The first-order chi connectivity index (χ1) is 14.3. The molecule has 3 aromatic rings. The lowest BCUT2D eigenvalue weighted by Crippen LogP contribution is -2.25. The Morgan fingerprint density at radius 1 is 0.933 bits per heavy atom. The summed E-state index contributed by atoms with van der Waals surface area (Å²) in [5, 5.41) is 13.7. The summed E-state index contributed by atoms with van der Waals surface area (Å²) in [5.74, 6) is -0.265. The van der Waals surface area contributed by atoms with Gasteiger partial charge in [-0.25, -0.2) is 8.42 Å². The van der Waals surface area contributed by atoms with Crippen molar-refractivity contribution in [2.75, 3.05) is 11.3 Å². The van der Waals surface area contributed by atoms with Gasteiger partial charge in [0.1, 0.15) is 0 Å². The lowest BCUT2D eigenvalue weighted by Gasteiger charge is -2.09. The molecule has 154 valence electrons. The summed E-state index contributed by atoms with van der Waals surface area (Å²) in [6, 6.07) is 20.4. The average Bonchev–Trinajstić information content (AvgIpc) is 2.75. The van der Waals surface area contributed by atoms with Crippen LogP contribution in [0.1, 0.15) is 15.9 Å². The number of non-ortho nitro benzene ring substituents is 1. The first-order valence-electron chi connectivity index (χ1n) is 9.04. The van der Waals surface area contributed by atoms with Gasteiger partial charge in [-0.05, 0) is 42.3 Å². The van der Waals surface area contributed by atoms with Crippen LogP contribution >= 0.6 is 0 Å². The van der Waals surface area contributed by atoms with Crippen LogP contribution < -0.4 is 10.0 Å². The third kappa shape index (κ3) is 5.42. The molecular formula is C21H19N3O5S. The molecule has 1 amide bonds. The molecule has 0 saturated carbocycles. The Morgan fingerprint density at radius 3 is 2.30 bits per heavy atom. The van der Waals surface area contributed by atoms with Gasteiger partial charge in [0.25, 0.3) is 21.6 Å². The Kier molecular flexibility index (Phi) is 6.43. The second-order valence-corrected chi connectivity index (χ2v) is 8.11. The van der Waals surface area contributed by atoms with Crippen molar-refractivity contribution < 1.29 is 18.1 Å². The third-order valence-corrected chi connectivity index (χ3v) is 5.66. The minimum absolute atomic E-state index is 0.223. The fourth-order valence-electron chi connectivity index (χ4n) is 2.74. The van der Waals surface area contributed by atoms with Gasteiger partial charge in [-0.2, -0.15) is 0 Å². The molecule has 0 heterocycles. The first-order valence-corrected chi connectivity index (χ1v) is 10.5. The van der Waals surface area contributed by atoms with Gasteiger partial charge < -0.3 is 5.32 Å². The number of hydrogen-bond donors (Lipinski definition) is 2. The molecule has 0 atom stereocenters. The highest BCUT2D eigenvalue weighted by Gasteiger charge is 2.18. The highest BCUT2D eigenvalue weighted by Crippen LogP contribution is 2.20. The van der Waals surface area contributed by atoms with Crippen LogP contribution in [0.3, 0.4) is 0 Å². The zero-order valence-electron chi connectivity index (χ0n) is 15.8. The second-order valence-electron chi connectivity index (χ2n) is 6.43. The van der Waals surface area contributed by atoms with E-state index in [9.17, 15) is 23.3 Å². The van der Waals surface area contributed by atoms with Gasteiger partial charge in [0.2, 0.25) is 0 Å². The molecule has 0 bridgehead atoms. The zero-order valence-corrected chi connectivity index (χ0v) is 16.6. The smallest absolute Gasteiger partial charge is 0.270 e. The summed E-state index contributed by atoms with van der Waals surface area (Å²) >= 11 is 0. The van der Waals surface area contributed by atoms with Gasteiger partial charge in [0.15, 0.2) is 0 Å². The molecule has 9 heteroatoms. The van der Waals surface area contributed by atoms with Crippen LogP contribution in [-0.2, 0) is 16.4 Å². The van der Waals surface area contributed by atoms with E-state index in [1.807, 2.05) is 30.3 Å². The first kappa shape index (κ1) is 21.0. The maximum Gasteiger partial charge on any atom is 0.270 e. The summed E-state index contributed by atoms with van der Waals surface area (Å²) in [6.07, 6.45) is 0.702. The maximum absolute atomic E-state index is 12.5. The Hall–Kier alpha value is -3.72. The molecule has 8 nitrogen and oxygen atoms in total. The number of nitro benzene ring substituents is 1. The van der Waals surface area contributed by atoms with Crippen LogP contribution in [0, 0.1) is 10.1 Å². The summed E-state index contributed by atoms with van der Waals surface area (Å²) in [5.41, 5.74) is 1.42. The van der Waals surface area contributed by atoms with E-state index in [-0.39, 0.29) is 22.2 Å². The Labute approximate surface area is 173 Å². The van der Waals surface area contributed by atoms with Crippen LogP contribution in [0.25, 0.3) is 0 Å². The van der Waals surface area contributed by atoms with Crippen molar-refractivity contribution in [1.82, 2.24) is 5.32 Å². The molecular weight excluding hydrogens is 406 g/mol. The summed E-state index contributed by atoms with van der Waals surface area (Å²) in [6.45, 7) is 0.476. The molecule has 0 fully saturated rings. The largest absolute Gasteiger partial charge is 0.352 e. The van der Waals surface area contributed by atoms with E-state index in [0.717, 1.165) is 11.6 Å². The Balaban J connectivity index is 1.61. The molecule has 0 unspecified atom stereocenters. The molecule has 0 aromatic heterocycles. The number of amides is 1. The van der Waals surface area contributed by atoms with Gasteiger partial charge in [0.05, 0.1) is 9.82 Å². The van der Waals surface area contributed by atoms with E-state index < -0.39 is 14.9 Å². The summed E-state index contributed by atoms with van der Waals surface area (Å²) in [4.78, 5) is 22.2. The van der Waals surface area contributed by atoms with Crippen molar-refractivity contribution in [2.45, 2.75) is 11.3 Å². The number of carbonyl (C=O) groups is 1. The number of sulfonamides is 1. The van der Waals surface area contributed by atoms with E-state index in [1.165, 1.54) is 42.5 Å². The quantitative estimate of drug-likeness (QED) is 0.424. The molecule has 0 aliphatic rings. The van der Waals surface area contributed by atoms with Crippen molar-refractivity contribution >= 4 is 27.3 Å². The van der Waals surface area contributed by atoms with Gasteiger partial charge in [-0.1, -0.05) is 36.4 Å². The van der Waals surface area contributed by atoms with Crippen LogP contribution in [-0.4, -0.2) is 25.8 Å². The number of hydrogen-bond acceptors (Lipinski definition) is 5. The van der Waals surface area contributed by atoms with Crippen molar-refractivity contribution in [1.29, 1.82) is 0 Å². The van der Waals surface area contributed by atoms with Crippen LogP contribution in [0.15, 0.2) is 83.8 Å². The van der Waals surface area contributed by atoms with Crippen molar-refractivity contribution in [3.05, 3.63) is 100 Å². The number of anilines is 1. The lowest BCUT2D eigenvalue weighted by molar-refractivity contribution is -0.385. The Bertz CT molecular complexity index is 1150. The number of benzene rings is 3. The van der Waals surface area contributed by atoms with Crippen LogP contribution in [0.4, 0.5) is 11.4 Å². The molecule has 2 N–H and O–H groups in total. The van der Waals surface area contributed by atoms with Gasteiger partial charge >= 0.3 is 0 Å². The van der Waals surface area contributed by atoms with E-state index in [0.29, 0.717) is 18.5 Å². The van der Waals surface area contributed by atoms with E-state index in [2.05, 4.69) is 10.0 Å². The zero-order chi connectivity index (χ0) is 21.6. The molecule has 0 aliphatic heterocycles. The van der Waals surface area contributed by atoms with Crippen LogP contribution in [0.5, 0.6) is 0 Å². The molecule has 30 heavy (non-hydrogen) atoms. The number of rotatable bonds is 8. The van der Waals surface area contributed by atoms with E-state index in [1.54, 1.807) is 0 Å². The summed E-state index contributed by atoms with van der Waals surface area (Å²) in [7, 11) is -4.00. The Morgan fingerprint density at radius 2 is 1.63 bits per heavy atom. The lowest BCUT2D eigenvalue weighted by atomic mass is 10.1. The highest BCUT2D eigenvalue weighted by atomic mass is 32.2. The standard InChI is InChI=1S/C21H19N3O5S/c25-21(22-14-13-16-5-2-1-3-6-16)17-9-11-18(12-10-17)23-30(28,29)20-8-4-7-19(15-20)24(26)27/h1-12,15,23H,13-14H2,(H,22,25). The minimum atomic E-state index is -4.00. The topological polar surface area (TPSA) is 118 Å². The molecule has 0 spiro atoms. The number of nitrogens with one attached hydrogen (secondary N) is 2. The van der Waals surface area contributed by atoms with Crippen molar-refractivity contribution in [3.63, 3.8) is 0 Å². The average molecular weight is 425 g/mol. The fourth-order valence-corrected chi connectivity index (χ4v) is 3.83. The number of carbonyl (C=O) groups excluding carboxylic acids is 1. The third-order valence-electron chi connectivity index (χ3n) is 4.28. The van der Waals surface area contributed by atoms with Crippen molar-refractivity contribution in [3.8, 4) is 0 Å². The monoisotopic (exact) mass is 425 g/mol. The molecule has 0 aliphatic carbocycles. The van der Waals surface area contributed by atoms with E-state index in [4.69, 9.17) is 0 Å². The molecule has 0 radical (unpaired) electrons. The van der Waals surface area contributed by atoms with Gasteiger partial charge in [-0.3, -0.25) is 19.6 Å². The normalized spacial score (nSPS) is 10.9.